The Morgan fingerprint density at radius 1 is 1.53 bits per heavy atom. The predicted molar refractivity (Wildman–Crippen MR) is 63.9 cm³/mol. The van der Waals surface area contributed by atoms with Crippen LogP contribution >= 0.6 is 11.3 Å². The topological polar surface area (TPSA) is 69.6 Å². The van der Waals surface area contributed by atoms with Crippen LogP contribution in [-0.4, -0.2) is 34.6 Å². The Balaban J connectivity index is 1.85. The fraction of sp³-hybridized carbons (Fsp3) is 0.455. The van der Waals surface area contributed by atoms with E-state index in [2.05, 4.69) is 5.32 Å². The highest BCUT2D eigenvalue weighted by atomic mass is 32.1. The molecule has 1 aliphatic rings. The Bertz CT molecular complexity index is 401. The van der Waals surface area contributed by atoms with E-state index in [9.17, 15) is 9.59 Å². The van der Waals surface area contributed by atoms with Gasteiger partial charge in [-0.15, -0.1) is 11.3 Å². The van der Waals surface area contributed by atoms with Gasteiger partial charge < -0.3 is 15.3 Å². The summed E-state index contributed by atoms with van der Waals surface area (Å²) >= 11 is 1.56. The molecule has 0 radical (unpaired) electrons. The van der Waals surface area contributed by atoms with Gasteiger partial charge in [0.15, 0.2) is 0 Å². The normalized spacial score (nSPS) is 14.4. The Morgan fingerprint density at radius 2 is 2.29 bits per heavy atom. The third-order valence-electron chi connectivity index (χ3n) is 2.55. The molecule has 2 amide bonds. The highest BCUT2D eigenvalue weighted by Gasteiger charge is 2.33. The predicted octanol–water partition coefficient (Wildman–Crippen LogP) is 1.51. The van der Waals surface area contributed by atoms with Crippen molar-refractivity contribution in [1.82, 2.24) is 10.2 Å². The lowest BCUT2D eigenvalue weighted by Gasteiger charge is -2.20. The van der Waals surface area contributed by atoms with Crippen LogP contribution in [0.5, 0.6) is 0 Å². The van der Waals surface area contributed by atoms with Crippen LogP contribution in [0, 0.1) is 0 Å². The van der Waals surface area contributed by atoms with E-state index in [-0.39, 0.29) is 18.6 Å². The number of urea groups is 1. The number of hydrogen-bond donors (Lipinski definition) is 2. The van der Waals surface area contributed by atoms with E-state index in [1.54, 1.807) is 11.3 Å². The first kappa shape index (κ1) is 11.9. The molecule has 1 aromatic heterocycles. The van der Waals surface area contributed by atoms with Crippen molar-refractivity contribution in [2.75, 3.05) is 6.54 Å². The van der Waals surface area contributed by atoms with Crippen LogP contribution in [-0.2, 0) is 11.3 Å². The zero-order chi connectivity index (χ0) is 12.3. The molecule has 1 aromatic rings. The van der Waals surface area contributed by atoms with E-state index in [4.69, 9.17) is 5.11 Å². The monoisotopic (exact) mass is 254 g/mol. The fourth-order valence-corrected chi connectivity index (χ4v) is 2.22. The van der Waals surface area contributed by atoms with Gasteiger partial charge in [0.1, 0.15) is 6.54 Å². The molecule has 0 aromatic carbocycles. The molecule has 2 N–H and O–H groups in total. The number of carboxylic acid groups (broad SMARTS) is 1. The maximum atomic E-state index is 11.8. The van der Waals surface area contributed by atoms with Crippen LogP contribution in [0.25, 0.3) is 0 Å². The Labute approximate surface area is 103 Å². The molecule has 1 fully saturated rings. The lowest BCUT2D eigenvalue weighted by molar-refractivity contribution is -0.137. The number of thiophene rings is 1. The van der Waals surface area contributed by atoms with Crippen LogP contribution < -0.4 is 5.32 Å². The average Bonchev–Trinajstić information content (AvgIpc) is 2.99. The minimum Gasteiger partial charge on any atom is -0.480 e. The van der Waals surface area contributed by atoms with E-state index < -0.39 is 5.97 Å². The molecular weight excluding hydrogens is 240 g/mol. The lowest BCUT2D eigenvalue weighted by Crippen LogP contribution is -2.43. The van der Waals surface area contributed by atoms with Gasteiger partial charge >= 0.3 is 12.0 Å². The van der Waals surface area contributed by atoms with Crippen LogP contribution in [0.4, 0.5) is 4.79 Å². The van der Waals surface area contributed by atoms with Crippen molar-refractivity contribution in [3.8, 4) is 0 Å². The lowest BCUT2D eigenvalue weighted by atomic mass is 10.4. The summed E-state index contributed by atoms with van der Waals surface area (Å²) in [6, 6.07) is 3.67. The van der Waals surface area contributed by atoms with E-state index >= 15 is 0 Å². The number of carboxylic acids is 1. The molecule has 0 atom stereocenters. The fourth-order valence-electron chi connectivity index (χ4n) is 1.58. The van der Waals surface area contributed by atoms with Gasteiger partial charge in [-0.05, 0) is 24.3 Å². The van der Waals surface area contributed by atoms with Gasteiger partial charge in [0.25, 0.3) is 0 Å². The molecular formula is C11H14N2O3S. The maximum Gasteiger partial charge on any atom is 0.323 e. The summed E-state index contributed by atoms with van der Waals surface area (Å²) in [5.74, 6) is -0.969. The van der Waals surface area contributed by atoms with E-state index in [1.165, 1.54) is 4.90 Å². The van der Waals surface area contributed by atoms with E-state index in [0.717, 1.165) is 17.7 Å². The second kappa shape index (κ2) is 5.18. The minimum absolute atomic E-state index is 0.106. The van der Waals surface area contributed by atoms with Crippen LogP contribution in [0.3, 0.4) is 0 Å². The van der Waals surface area contributed by atoms with Gasteiger partial charge in [-0.25, -0.2) is 4.79 Å². The van der Waals surface area contributed by atoms with E-state index in [1.807, 2.05) is 17.5 Å². The molecule has 0 spiro atoms. The molecule has 0 aliphatic heterocycles. The van der Waals surface area contributed by atoms with Crippen molar-refractivity contribution < 1.29 is 14.7 Å². The summed E-state index contributed by atoms with van der Waals surface area (Å²) < 4.78 is 0. The second-order valence-corrected chi connectivity index (χ2v) is 5.02. The molecule has 92 valence electrons. The quantitative estimate of drug-likeness (QED) is 0.836. The van der Waals surface area contributed by atoms with Gasteiger partial charge in [-0.3, -0.25) is 4.79 Å². The van der Waals surface area contributed by atoms with Gasteiger partial charge in [0.05, 0.1) is 6.54 Å². The van der Waals surface area contributed by atoms with Crippen LogP contribution in [0.15, 0.2) is 17.5 Å². The van der Waals surface area contributed by atoms with Crippen molar-refractivity contribution in [3.05, 3.63) is 22.4 Å². The summed E-state index contributed by atoms with van der Waals surface area (Å²) in [6.07, 6.45) is 1.80. The zero-order valence-corrected chi connectivity index (χ0v) is 10.1. The molecule has 2 rings (SSSR count). The summed E-state index contributed by atoms with van der Waals surface area (Å²) in [7, 11) is 0. The first-order valence-electron chi connectivity index (χ1n) is 5.45. The largest absolute Gasteiger partial charge is 0.480 e. The molecule has 5 nitrogen and oxygen atoms in total. The molecule has 0 saturated heterocycles. The van der Waals surface area contributed by atoms with Crippen LogP contribution in [0.1, 0.15) is 17.7 Å². The van der Waals surface area contributed by atoms with Gasteiger partial charge in [-0.2, -0.15) is 0 Å². The first-order valence-corrected chi connectivity index (χ1v) is 6.33. The molecule has 17 heavy (non-hydrogen) atoms. The number of rotatable bonds is 5. The minimum atomic E-state index is -0.969. The van der Waals surface area contributed by atoms with E-state index in [0.29, 0.717) is 6.54 Å². The summed E-state index contributed by atoms with van der Waals surface area (Å²) in [5.41, 5.74) is 0. The van der Waals surface area contributed by atoms with Crippen molar-refractivity contribution in [2.45, 2.75) is 25.4 Å². The SMILES string of the molecule is O=C(O)CN(C(=O)NCc1cccs1)C1CC1. The zero-order valence-electron chi connectivity index (χ0n) is 9.26. The van der Waals surface area contributed by atoms with Crippen LogP contribution in [0.2, 0.25) is 0 Å². The molecule has 0 unspecified atom stereocenters. The highest BCUT2D eigenvalue weighted by molar-refractivity contribution is 7.09. The Hall–Kier alpha value is -1.56. The second-order valence-electron chi connectivity index (χ2n) is 3.99. The average molecular weight is 254 g/mol. The smallest absolute Gasteiger partial charge is 0.323 e. The molecule has 6 heteroatoms. The summed E-state index contributed by atoms with van der Waals surface area (Å²) in [4.78, 5) is 24.9. The van der Waals surface area contributed by atoms with Gasteiger partial charge in [0.2, 0.25) is 0 Å². The summed E-state index contributed by atoms with van der Waals surface area (Å²) in [6.45, 7) is 0.236. The van der Waals surface area contributed by atoms with Crippen molar-refractivity contribution in [1.29, 1.82) is 0 Å². The van der Waals surface area contributed by atoms with Crippen molar-refractivity contribution in [2.24, 2.45) is 0 Å². The number of hydrogen-bond acceptors (Lipinski definition) is 3. The number of carbonyl (C=O) groups excluding carboxylic acids is 1. The first-order chi connectivity index (χ1) is 8.16. The Kier molecular flexibility index (Phi) is 3.63. The molecule has 1 aliphatic carbocycles. The number of aliphatic carboxylic acids is 1. The number of amides is 2. The molecule has 1 heterocycles. The molecule has 0 bridgehead atoms. The Morgan fingerprint density at radius 3 is 2.82 bits per heavy atom. The van der Waals surface area contributed by atoms with Gasteiger partial charge in [0, 0.05) is 10.9 Å². The van der Waals surface area contributed by atoms with Crippen molar-refractivity contribution >= 4 is 23.3 Å². The standard InChI is InChI=1S/C11H14N2O3S/c14-10(15)7-13(8-3-4-8)11(16)12-6-9-2-1-5-17-9/h1-2,5,8H,3-4,6-7H2,(H,12,16)(H,14,15). The highest BCUT2D eigenvalue weighted by Crippen LogP contribution is 2.26. The third kappa shape index (κ3) is 3.45. The maximum absolute atomic E-state index is 11.8. The molecule has 1 saturated carbocycles. The van der Waals surface area contributed by atoms with Crippen molar-refractivity contribution in [3.63, 3.8) is 0 Å². The number of nitrogens with zero attached hydrogens (tertiary/aromatic N) is 1. The number of nitrogens with one attached hydrogen (secondary N) is 1. The third-order valence-corrected chi connectivity index (χ3v) is 3.42. The number of carbonyl (C=O) groups is 2. The summed E-state index contributed by atoms with van der Waals surface area (Å²) in [5, 5.41) is 13.4. The van der Waals surface area contributed by atoms with Gasteiger partial charge in [-0.1, -0.05) is 6.07 Å².